The van der Waals surface area contributed by atoms with Crippen LogP contribution < -0.4 is 16.0 Å². The van der Waals surface area contributed by atoms with Crippen LogP contribution in [0, 0.1) is 13.8 Å². The van der Waals surface area contributed by atoms with Crippen molar-refractivity contribution in [3.8, 4) is 0 Å². The predicted molar refractivity (Wildman–Crippen MR) is 110 cm³/mol. The summed E-state index contributed by atoms with van der Waals surface area (Å²) in [6, 6.07) is 12.3. The van der Waals surface area contributed by atoms with Crippen molar-refractivity contribution in [1.82, 2.24) is 4.98 Å². The van der Waals surface area contributed by atoms with Crippen molar-refractivity contribution in [2.24, 2.45) is 0 Å². The fourth-order valence-corrected chi connectivity index (χ4v) is 3.15. The number of urea groups is 1. The van der Waals surface area contributed by atoms with Crippen LogP contribution in [0.4, 0.5) is 21.3 Å². The standard InChI is InChI=1S/C19H17ClN4O2S/c1-11-4-3-5-13(8-11)22-18(26)24-19-23-16(10-27-19)17(25)21-14-7-6-12(2)15(20)9-14/h3-10H,1-2H3,(H,21,25)(H2,22,23,24,26). The van der Waals surface area contributed by atoms with E-state index in [-0.39, 0.29) is 11.6 Å². The van der Waals surface area contributed by atoms with Gasteiger partial charge in [-0.05, 0) is 49.2 Å². The second kappa shape index (κ2) is 8.20. The van der Waals surface area contributed by atoms with Gasteiger partial charge in [0.25, 0.3) is 5.91 Å². The van der Waals surface area contributed by atoms with E-state index in [0.717, 1.165) is 11.1 Å². The molecule has 3 N–H and O–H groups in total. The summed E-state index contributed by atoms with van der Waals surface area (Å²) < 4.78 is 0. The minimum absolute atomic E-state index is 0.211. The van der Waals surface area contributed by atoms with Crippen molar-refractivity contribution >= 4 is 51.4 Å². The van der Waals surface area contributed by atoms with Gasteiger partial charge >= 0.3 is 6.03 Å². The number of hydrogen-bond acceptors (Lipinski definition) is 4. The van der Waals surface area contributed by atoms with E-state index >= 15 is 0 Å². The summed E-state index contributed by atoms with van der Waals surface area (Å²) in [5.74, 6) is -0.377. The average molecular weight is 401 g/mol. The molecule has 138 valence electrons. The third-order valence-corrected chi connectivity index (χ3v) is 4.83. The van der Waals surface area contributed by atoms with Crippen molar-refractivity contribution in [2.75, 3.05) is 16.0 Å². The van der Waals surface area contributed by atoms with Gasteiger partial charge in [0.2, 0.25) is 0 Å². The highest BCUT2D eigenvalue weighted by atomic mass is 35.5. The Morgan fingerprint density at radius 3 is 2.52 bits per heavy atom. The monoisotopic (exact) mass is 400 g/mol. The number of aromatic nitrogens is 1. The molecule has 0 atom stereocenters. The highest BCUT2D eigenvalue weighted by molar-refractivity contribution is 7.14. The first-order chi connectivity index (χ1) is 12.9. The van der Waals surface area contributed by atoms with E-state index in [2.05, 4.69) is 20.9 Å². The smallest absolute Gasteiger partial charge is 0.321 e. The number of thiazole rings is 1. The minimum Gasteiger partial charge on any atom is -0.321 e. The molecule has 3 aromatic rings. The van der Waals surface area contributed by atoms with Crippen LogP contribution in [0.5, 0.6) is 0 Å². The van der Waals surface area contributed by atoms with Gasteiger partial charge in [-0.3, -0.25) is 10.1 Å². The van der Waals surface area contributed by atoms with Crippen molar-refractivity contribution < 1.29 is 9.59 Å². The van der Waals surface area contributed by atoms with Crippen LogP contribution in [0.25, 0.3) is 0 Å². The molecule has 0 unspecified atom stereocenters. The Hall–Kier alpha value is -2.90. The Morgan fingerprint density at radius 2 is 1.78 bits per heavy atom. The number of aryl methyl sites for hydroxylation is 2. The van der Waals surface area contributed by atoms with Crippen LogP contribution in [0.1, 0.15) is 21.6 Å². The van der Waals surface area contributed by atoms with Gasteiger partial charge in [0.05, 0.1) is 0 Å². The van der Waals surface area contributed by atoms with Gasteiger partial charge in [-0.2, -0.15) is 0 Å². The molecule has 0 radical (unpaired) electrons. The molecule has 2 aromatic carbocycles. The Labute approximate surface area is 165 Å². The lowest BCUT2D eigenvalue weighted by Gasteiger charge is -2.06. The van der Waals surface area contributed by atoms with Crippen LogP contribution in [0.15, 0.2) is 47.8 Å². The molecule has 6 nitrogen and oxygen atoms in total. The minimum atomic E-state index is -0.424. The molecule has 1 aromatic heterocycles. The number of carbonyl (C=O) groups is 2. The van der Waals surface area contributed by atoms with Gasteiger partial charge in [-0.1, -0.05) is 29.8 Å². The normalized spacial score (nSPS) is 10.3. The summed E-state index contributed by atoms with van der Waals surface area (Å²) in [7, 11) is 0. The Kier molecular flexibility index (Phi) is 5.73. The van der Waals surface area contributed by atoms with E-state index in [0.29, 0.717) is 21.5 Å². The molecule has 0 aliphatic carbocycles. The SMILES string of the molecule is Cc1cccc(NC(=O)Nc2nc(C(=O)Nc3ccc(C)c(Cl)c3)cs2)c1. The molecule has 8 heteroatoms. The summed E-state index contributed by atoms with van der Waals surface area (Å²) in [6.45, 7) is 3.82. The zero-order valence-corrected chi connectivity index (χ0v) is 16.2. The molecule has 0 aliphatic heterocycles. The molecule has 1 heterocycles. The van der Waals surface area contributed by atoms with Gasteiger partial charge in [0, 0.05) is 21.8 Å². The van der Waals surface area contributed by atoms with Crippen molar-refractivity contribution in [3.63, 3.8) is 0 Å². The maximum absolute atomic E-state index is 12.3. The van der Waals surface area contributed by atoms with E-state index in [9.17, 15) is 9.59 Å². The molecule has 3 rings (SSSR count). The van der Waals surface area contributed by atoms with E-state index < -0.39 is 6.03 Å². The third kappa shape index (κ3) is 5.06. The molecule has 0 saturated heterocycles. The van der Waals surface area contributed by atoms with Gasteiger partial charge < -0.3 is 10.6 Å². The number of hydrogen-bond donors (Lipinski definition) is 3. The van der Waals surface area contributed by atoms with E-state index in [1.165, 1.54) is 11.3 Å². The van der Waals surface area contributed by atoms with E-state index in [1.807, 2.05) is 38.1 Å². The first kappa shape index (κ1) is 18.9. The lowest BCUT2D eigenvalue weighted by atomic mass is 10.2. The third-order valence-electron chi connectivity index (χ3n) is 3.66. The molecule has 0 saturated carbocycles. The van der Waals surface area contributed by atoms with Gasteiger partial charge in [0.1, 0.15) is 5.69 Å². The first-order valence-corrected chi connectivity index (χ1v) is 9.34. The quantitative estimate of drug-likeness (QED) is 0.555. The highest BCUT2D eigenvalue weighted by Gasteiger charge is 2.13. The van der Waals surface area contributed by atoms with Crippen LogP contribution in [0.2, 0.25) is 5.02 Å². The number of carbonyl (C=O) groups excluding carboxylic acids is 2. The van der Waals surface area contributed by atoms with Crippen molar-refractivity contribution in [1.29, 1.82) is 0 Å². The molecule has 0 spiro atoms. The second-order valence-electron chi connectivity index (χ2n) is 5.90. The number of anilines is 3. The number of benzene rings is 2. The first-order valence-electron chi connectivity index (χ1n) is 8.08. The van der Waals surface area contributed by atoms with Crippen LogP contribution in [-0.2, 0) is 0 Å². The molecular weight excluding hydrogens is 384 g/mol. The Bertz CT molecular complexity index is 1000. The summed E-state index contributed by atoms with van der Waals surface area (Å²) in [5, 5.41) is 10.5. The predicted octanol–water partition coefficient (Wildman–Crippen LogP) is 5.31. The van der Waals surface area contributed by atoms with Crippen LogP contribution >= 0.6 is 22.9 Å². The zero-order chi connectivity index (χ0) is 19.4. The lowest BCUT2D eigenvalue weighted by molar-refractivity contribution is 0.102. The molecule has 3 amide bonds. The lowest BCUT2D eigenvalue weighted by Crippen LogP contribution is -2.19. The van der Waals surface area contributed by atoms with E-state index in [1.54, 1.807) is 23.6 Å². The van der Waals surface area contributed by atoms with Gasteiger partial charge in [0.15, 0.2) is 5.13 Å². The largest absolute Gasteiger partial charge is 0.325 e. The van der Waals surface area contributed by atoms with Crippen molar-refractivity contribution in [2.45, 2.75) is 13.8 Å². The molecular formula is C19H17ClN4O2S. The number of nitrogens with zero attached hydrogens (tertiary/aromatic N) is 1. The number of halogens is 1. The topological polar surface area (TPSA) is 83.1 Å². The molecule has 0 aliphatic rings. The number of nitrogens with one attached hydrogen (secondary N) is 3. The molecule has 0 fully saturated rings. The maximum atomic E-state index is 12.3. The maximum Gasteiger partial charge on any atom is 0.325 e. The fourth-order valence-electron chi connectivity index (χ4n) is 2.28. The second-order valence-corrected chi connectivity index (χ2v) is 7.17. The number of rotatable bonds is 4. The number of amides is 3. The van der Waals surface area contributed by atoms with Gasteiger partial charge in [-0.25, -0.2) is 9.78 Å². The average Bonchev–Trinajstić information content (AvgIpc) is 3.06. The zero-order valence-electron chi connectivity index (χ0n) is 14.7. The van der Waals surface area contributed by atoms with Crippen LogP contribution in [0.3, 0.4) is 0 Å². The van der Waals surface area contributed by atoms with Gasteiger partial charge in [-0.15, -0.1) is 11.3 Å². The van der Waals surface area contributed by atoms with Crippen LogP contribution in [-0.4, -0.2) is 16.9 Å². The van der Waals surface area contributed by atoms with E-state index in [4.69, 9.17) is 11.6 Å². The van der Waals surface area contributed by atoms with Crippen molar-refractivity contribution in [3.05, 3.63) is 69.7 Å². The molecule has 0 bridgehead atoms. The Balaban J connectivity index is 1.61. The highest BCUT2D eigenvalue weighted by Crippen LogP contribution is 2.22. The fraction of sp³-hybridized carbons (Fsp3) is 0.105. The molecule has 27 heavy (non-hydrogen) atoms. The summed E-state index contributed by atoms with van der Waals surface area (Å²) >= 11 is 7.23. The summed E-state index contributed by atoms with van der Waals surface area (Å²) in [6.07, 6.45) is 0. The summed E-state index contributed by atoms with van der Waals surface area (Å²) in [4.78, 5) is 28.5. The summed E-state index contributed by atoms with van der Waals surface area (Å²) in [5.41, 5.74) is 3.43. The Morgan fingerprint density at radius 1 is 1.00 bits per heavy atom.